The molecule has 0 unspecified atom stereocenters. The molecule has 3 aromatic rings. The van der Waals surface area contributed by atoms with Crippen LogP contribution in [0.3, 0.4) is 0 Å². The molecule has 3 rings (SSSR count). The van der Waals surface area contributed by atoms with Gasteiger partial charge in [-0.2, -0.15) is 0 Å². The van der Waals surface area contributed by atoms with Crippen LogP contribution in [0.1, 0.15) is 12.5 Å². The van der Waals surface area contributed by atoms with Crippen LogP contribution in [-0.4, -0.2) is 38.4 Å². The molecule has 8 heteroatoms. The number of rotatable bonds is 7. The zero-order valence-corrected chi connectivity index (χ0v) is 17.2. The summed E-state index contributed by atoms with van der Waals surface area (Å²) in [6.07, 6.45) is 0. The average Bonchev–Trinajstić information content (AvgIpc) is 3.11. The largest absolute Gasteiger partial charge is 0.341 e. The normalized spacial score (nSPS) is 10.9. The molecular formula is C20H20ClFN4OS. The first kappa shape index (κ1) is 20.4. The van der Waals surface area contributed by atoms with Crippen LogP contribution in [0.5, 0.6) is 0 Å². The first-order valence-electron chi connectivity index (χ1n) is 8.78. The number of thioether (sulfide) groups is 1. The van der Waals surface area contributed by atoms with Gasteiger partial charge in [0.1, 0.15) is 5.82 Å². The highest BCUT2D eigenvalue weighted by atomic mass is 35.5. The minimum absolute atomic E-state index is 0.0342. The van der Waals surface area contributed by atoms with Crippen molar-refractivity contribution in [2.75, 3.05) is 12.8 Å². The molecule has 146 valence electrons. The van der Waals surface area contributed by atoms with Crippen molar-refractivity contribution in [1.29, 1.82) is 0 Å². The van der Waals surface area contributed by atoms with Gasteiger partial charge in [-0.25, -0.2) is 4.39 Å². The van der Waals surface area contributed by atoms with Crippen molar-refractivity contribution < 1.29 is 9.18 Å². The van der Waals surface area contributed by atoms with Crippen molar-refractivity contribution in [3.8, 4) is 11.4 Å². The summed E-state index contributed by atoms with van der Waals surface area (Å²) in [5, 5.41) is 9.87. The SMILES string of the molecule is CCn1c(SCC(=O)N(C)Cc2ccc(F)cc2)nnc1-c1ccc(Cl)cc1. The third-order valence-electron chi connectivity index (χ3n) is 4.22. The summed E-state index contributed by atoms with van der Waals surface area (Å²) < 4.78 is 15.0. The number of aromatic nitrogens is 3. The highest BCUT2D eigenvalue weighted by Crippen LogP contribution is 2.25. The van der Waals surface area contributed by atoms with Gasteiger partial charge < -0.3 is 9.47 Å². The maximum Gasteiger partial charge on any atom is 0.233 e. The predicted octanol–water partition coefficient (Wildman–Crippen LogP) is 4.51. The second-order valence-electron chi connectivity index (χ2n) is 6.22. The topological polar surface area (TPSA) is 51.0 Å². The molecule has 28 heavy (non-hydrogen) atoms. The van der Waals surface area contributed by atoms with E-state index in [1.165, 1.54) is 23.9 Å². The third-order valence-corrected chi connectivity index (χ3v) is 5.42. The van der Waals surface area contributed by atoms with Gasteiger partial charge in [-0.05, 0) is 48.9 Å². The van der Waals surface area contributed by atoms with Crippen LogP contribution in [0.4, 0.5) is 4.39 Å². The summed E-state index contributed by atoms with van der Waals surface area (Å²) >= 11 is 7.30. The molecule has 0 aliphatic heterocycles. The van der Waals surface area contributed by atoms with Gasteiger partial charge in [-0.3, -0.25) is 4.79 Å². The second-order valence-corrected chi connectivity index (χ2v) is 7.60. The molecule has 0 N–H and O–H groups in total. The number of halogens is 2. The molecule has 0 saturated heterocycles. The molecule has 0 bridgehead atoms. The molecule has 2 aromatic carbocycles. The van der Waals surface area contributed by atoms with Crippen LogP contribution in [-0.2, 0) is 17.9 Å². The second kappa shape index (κ2) is 9.21. The minimum Gasteiger partial charge on any atom is -0.341 e. The van der Waals surface area contributed by atoms with Crippen LogP contribution >= 0.6 is 23.4 Å². The molecule has 0 spiro atoms. The number of nitrogens with zero attached hydrogens (tertiary/aromatic N) is 4. The lowest BCUT2D eigenvalue weighted by Crippen LogP contribution is -2.27. The van der Waals surface area contributed by atoms with E-state index in [4.69, 9.17) is 11.6 Å². The van der Waals surface area contributed by atoms with E-state index < -0.39 is 0 Å². The maximum atomic E-state index is 13.0. The molecule has 0 atom stereocenters. The van der Waals surface area contributed by atoms with Gasteiger partial charge in [0.2, 0.25) is 5.91 Å². The van der Waals surface area contributed by atoms with Crippen molar-refractivity contribution in [2.45, 2.75) is 25.2 Å². The van der Waals surface area contributed by atoms with Crippen molar-refractivity contribution in [2.24, 2.45) is 0 Å². The van der Waals surface area contributed by atoms with Gasteiger partial charge >= 0.3 is 0 Å². The van der Waals surface area contributed by atoms with Crippen LogP contribution in [0.25, 0.3) is 11.4 Å². The van der Waals surface area contributed by atoms with E-state index in [0.717, 1.165) is 17.0 Å². The molecular weight excluding hydrogens is 399 g/mol. The fourth-order valence-electron chi connectivity index (χ4n) is 2.68. The molecule has 0 fully saturated rings. The van der Waals surface area contributed by atoms with E-state index in [1.54, 1.807) is 24.1 Å². The summed E-state index contributed by atoms with van der Waals surface area (Å²) in [6.45, 7) is 3.12. The smallest absolute Gasteiger partial charge is 0.233 e. The lowest BCUT2D eigenvalue weighted by Gasteiger charge is -2.17. The number of benzene rings is 2. The Morgan fingerprint density at radius 2 is 1.82 bits per heavy atom. The van der Waals surface area contributed by atoms with E-state index in [2.05, 4.69) is 10.2 Å². The highest BCUT2D eigenvalue weighted by Gasteiger charge is 2.16. The van der Waals surface area contributed by atoms with E-state index in [0.29, 0.717) is 23.3 Å². The Morgan fingerprint density at radius 3 is 2.46 bits per heavy atom. The third kappa shape index (κ3) is 4.91. The Hall–Kier alpha value is -2.38. The number of carbonyl (C=O) groups is 1. The zero-order chi connectivity index (χ0) is 20.1. The molecule has 0 aliphatic carbocycles. The molecule has 1 amide bonds. The van der Waals surface area contributed by atoms with Crippen LogP contribution in [0, 0.1) is 5.82 Å². The minimum atomic E-state index is -0.288. The molecule has 1 heterocycles. The predicted molar refractivity (Wildman–Crippen MR) is 110 cm³/mol. The summed E-state index contributed by atoms with van der Waals surface area (Å²) in [4.78, 5) is 14.1. The summed E-state index contributed by atoms with van der Waals surface area (Å²) in [5.41, 5.74) is 1.80. The van der Waals surface area contributed by atoms with Gasteiger partial charge in [-0.1, -0.05) is 35.5 Å². The molecule has 5 nitrogen and oxygen atoms in total. The Kier molecular flexibility index (Phi) is 6.70. The summed E-state index contributed by atoms with van der Waals surface area (Å²) in [7, 11) is 1.73. The summed E-state index contributed by atoms with van der Waals surface area (Å²) in [6, 6.07) is 13.6. The Morgan fingerprint density at radius 1 is 1.14 bits per heavy atom. The quantitative estimate of drug-likeness (QED) is 0.530. The Labute approximate surface area is 172 Å². The monoisotopic (exact) mass is 418 g/mol. The fourth-order valence-corrected chi connectivity index (χ4v) is 3.75. The Balaban J connectivity index is 1.64. The van der Waals surface area contributed by atoms with Gasteiger partial charge in [0.15, 0.2) is 11.0 Å². The van der Waals surface area contributed by atoms with E-state index in [9.17, 15) is 9.18 Å². The number of amides is 1. The van der Waals surface area contributed by atoms with E-state index in [-0.39, 0.29) is 17.5 Å². The van der Waals surface area contributed by atoms with Gasteiger partial charge in [0.25, 0.3) is 0 Å². The van der Waals surface area contributed by atoms with E-state index >= 15 is 0 Å². The first-order chi connectivity index (χ1) is 13.5. The zero-order valence-electron chi connectivity index (χ0n) is 15.6. The lowest BCUT2D eigenvalue weighted by atomic mass is 10.2. The number of carbonyl (C=O) groups excluding carboxylic acids is 1. The molecule has 0 aliphatic rings. The van der Waals surface area contributed by atoms with Gasteiger partial charge in [-0.15, -0.1) is 10.2 Å². The first-order valence-corrected chi connectivity index (χ1v) is 10.1. The standard InChI is InChI=1S/C20H20ClFN4OS/c1-3-26-19(15-6-8-16(21)9-7-15)23-24-20(26)28-13-18(27)25(2)12-14-4-10-17(22)11-5-14/h4-11H,3,12-13H2,1-2H3. The van der Waals surface area contributed by atoms with Crippen molar-refractivity contribution in [3.63, 3.8) is 0 Å². The molecule has 0 radical (unpaired) electrons. The van der Waals surface area contributed by atoms with Crippen molar-refractivity contribution in [1.82, 2.24) is 19.7 Å². The molecule has 0 saturated carbocycles. The molecule has 1 aromatic heterocycles. The van der Waals surface area contributed by atoms with Gasteiger partial charge in [0.05, 0.1) is 5.75 Å². The lowest BCUT2D eigenvalue weighted by molar-refractivity contribution is -0.127. The van der Waals surface area contributed by atoms with Crippen LogP contribution in [0.2, 0.25) is 5.02 Å². The van der Waals surface area contributed by atoms with Gasteiger partial charge in [0, 0.05) is 30.7 Å². The maximum absolute atomic E-state index is 13.0. The fraction of sp³-hybridized carbons (Fsp3) is 0.250. The van der Waals surface area contributed by atoms with Crippen LogP contribution in [0.15, 0.2) is 53.7 Å². The van der Waals surface area contributed by atoms with Crippen molar-refractivity contribution >= 4 is 29.3 Å². The van der Waals surface area contributed by atoms with Crippen LogP contribution < -0.4 is 0 Å². The van der Waals surface area contributed by atoms with E-state index in [1.807, 2.05) is 35.8 Å². The Bertz CT molecular complexity index is 944. The number of hydrogen-bond acceptors (Lipinski definition) is 4. The average molecular weight is 419 g/mol. The van der Waals surface area contributed by atoms with Crippen molar-refractivity contribution in [3.05, 3.63) is 64.9 Å². The highest BCUT2D eigenvalue weighted by molar-refractivity contribution is 7.99. The summed E-state index contributed by atoms with van der Waals surface area (Å²) in [5.74, 6) is 0.668. The number of hydrogen-bond donors (Lipinski definition) is 0.